The van der Waals surface area contributed by atoms with Crippen molar-refractivity contribution in [1.82, 2.24) is 4.90 Å². The van der Waals surface area contributed by atoms with Gasteiger partial charge in [0.05, 0.1) is 5.84 Å². The molecule has 0 spiro atoms. The maximum Gasteiger partial charge on any atom is 0.0947 e. The maximum absolute atomic E-state index is 7.04. The Hall–Kier alpha value is -0.570. The van der Waals surface area contributed by atoms with Crippen molar-refractivity contribution in [1.29, 1.82) is 5.41 Å². The molecule has 0 saturated carbocycles. The van der Waals surface area contributed by atoms with Crippen molar-refractivity contribution in [2.45, 2.75) is 6.92 Å². The first kappa shape index (κ1) is 8.43. The van der Waals surface area contributed by atoms with E-state index in [0.29, 0.717) is 0 Å². The quantitative estimate of drug-likeness (QED) is 0.420. The molecular weight excluding hydrogens is 114 g/mol. The highest BCUT2D eigenvalue weighted by Gasteiger charge is 2.04. The number of amidine groups is 1. The lowest BCUT2D eigenvalue weighted by Gasteiger charge is -2.14. The molecule has 0 aromatic heterocycles. The van der Waals surface area contributed by atoms with Gasteiger partial charge in [-0.1, -0.05) is 6.92 Å². The molecule has 0 aliphatic heterocycles. The summed E-state index contributed by atoms with van der Waals surface area (Å²) in [4.78, 5) is 2.02. The fourth-order valence-corrected chi connectivity index (χ4v) is 0.646. The first-order valence-corrected chi connectivity index (χ1v) is 3.02. The summed E-state index contributed by atoms with van der Waals surface area (Å²) in [5, 5.41) is 7.04. The molecular formula is C6H15N3. The Labute approximate surface area is 56.3 Å². The van der Waals surface area contributed by atoms with Crippen LogP contribution < -0.4 is 5.73 Å². The Kier molecular flexibility index (Phi) is 3.24. The summed E-state index contributed by atoms with van der Waals surface area (Å²) in [5.74, 6) is 0.448. The third-order valence-corrected chi connectivity index (χ3v) is 1.17. The molecule has 3 N–H and O–H groups in total. The summed E-state index contributed by atoms with van der Waals surface area (Å²) in [6.07, 6.45) is 0. The standard InChI is InChI=1S/C6H15N3/c1-5(6(7)8)4-9(2)3/h5H,4H2,1-3H3,(H3,7,8). The van der Waals surface area contributed by atoms with Crippen LogP contribution in [0.15, 0.2) is 0 Å². The van der Waals surface area contributed by atoms with E-state index in [-0.39, 0.29) is 11.8 Å². The molecule has 0 fully saturated rings. The molecule has 0 bridgehead atoms. The molecule has 0 amide bonds. The topological polar surface area (TPSA) is 53.1 Å². The van der Waals surface area contributed by atoms with Crippen molar-refractivity contribution in [3.05, 3.63) is 0 Å². The summed E-state index contributed by atoms with van der Waals surface area (Å²) >= 11 is 0. The normalized spacial score (nSPS) is 13.8. The minimum Gasteiger partial charge on any atom is -0.387 e. The van der Waals surface area contributed by atoms with Crippen LogP contribution in [0.2, 0.25) is 0 Å². The van der Waals surface area contributed by atoms with Crippen LogP contribution >= 0.6 is 0 Å². The molecule has 1 unspecified atom stereocenters. The lowest BCUT2D eigenvalue weighted by atomic mass is 10.1. The van der Waals surface area contributed by atoms with Gasteiger partial charge in [-0.25, -0.2) is 0 Å². The van der Waals surface area contributed by atoms with Crippen LogP contribution in [0.5, 0.6) is 0 Å². The van der Waals surface area contributed by atoms with Crippen LogP contribution in [-0.4, -0.2) is 31.4 Å². The summed E-state index contributed by atoms with van der Waals surface area (Å²) in [6.45, 7) is 2.80. The number of hydrogen-bond donors (Lipinski definition) is 2. The second kappa shape index (κ2) is 3.45. The molecule has 1 atom stereocenters. The molecule has 54 valence electrons. The SMILES string of the molecule is CC(CN(C)C)C(=N)N. The van der Waals surface area contributed by atoms with Gasteiger partial charge in [-0.15, -0.1) is 0 Å². The van der Waals surface area contributed by atoms with Gasteiger partial charge in [0, 0.05) is 12.5 Å². The predicted molar refractivity (Wildman–Crippen MR) is 39.6 cm³/mol. The van der Waals surface area contributed by atoms with Gasteiger partial charge in [0.25, 0.3) is 0 Å². The fraction of sp³-hybridized carbons (Fsp3) is 0.833. The van der Waals surface area contributed by atoms with Gasteiger partial charge in [-0.05, 0) is 14.1 Å². The molecule has 0 saturated heterocycles. The predicted octanol–water partition coefficient (Wildman–Crippen LogP) is 0.120. The highest BCUT2D eigenvalue weighted by molar-refractivity contribution is 5.79. The summed E-state index contributed by atoms with van der Waals surface area (Å²) < 4.78 is 0. The van der Waals surface area contributed by atoms with Gasteiger partial charge in [-0.3, -0.25) is 5.41 Å². The van der Waals surface area contributed by atoms with E-state index in [1.165, 1.54) is 0 Å². The Morgan fingerprint density at radius 3 is 2.22 bits per heavy atom. The van der Waals surface area contributed by atoms with Gasteiger partial charge < -0.3 is 10.6 Å². The van der Waals surface area contributed by atoms with Crippen LogP contribution in [0.3, 0.4) is 0 Å². The van der Waals surface area contributed by atoms with Crippen LogP contribution in [0.25, 0.3) is 0 Å². The van der Waals surface area contributed by atoms with E-state index in [0.717, 1.165) is 6.54 Å². The summed E-state index contributed by atoms with van der Waals surface area (Å²) in [5.41, 5.74) is 5.24. The summed E-state index contributed by atoms with van der Waals surface area (Å²) in [7, 11) is 3.94. The molecule has 0 aromatic rings. The zero-order chi connectivity index (χ0) is 7.44. The van der Waals surface area contributed by atoms with E-state index in [2.05, 4.69) is 0 Å². The summed E-state index contributed by atoms with van der Waals surface area (Å²) in [6, 6.07) is 0. The second-order valence-electron chi connectivity index (χ2n) is 2.62. The average molecular weight is 129 g/mol. The Balaban J connectivity index is 3.50. The molecule has 9 heavy (non-hydrogen) atoms. The Morgan fingerprint density at radius 2 is 2.11 bits per heavy atom. The van der Waals surface area contributed by atoms with Crippen LogP contribution in [0.1, 0.15) is 6.92 Å². The van der Waals surface area contributed by atoms with Crippen molar-refractivity contribution in [3.63, 3.8) is 0 Å². The van der Waals surface area contributed by atoms with Gasteiger partial charge in [0.15, 0.2) is 0 Å². The van der Waals surface area contributed by atoms with E-state index >= 15 is 0 Å². The van der Waals surface area contributed by atoms with Crippen LogP contribution in [0, 0.1) is 11.3 Å². The van der Waals surface area contributed by atoms with E-state index in [1.807, 2.05) is 25.9 Å². The largest absolute Gasteiger partial charge is 0.387 e. The minimum atomic E-state index is 0.181. The number of nitrogens with one attached hydrogen (secondary N) is 1. The van der Waals surface area contributed by atoms with Gasteiger partial charge in [0.2, 0.25) is 0 Å². The van der Waals surface area contributed by atoms with Gasteiger partial charge >= 0.3 is 0 Å². The molecule has 0 radical (unpaired) electrons. The van der Waals surface area contributed by atoms with Crippen molar-refractivity contribution in [2.24, 2.45) is 11.7 Å². The molecule has 0 aliphatic rings. The first-order chi connectivity index (χ1) is 4.04. The monoisotopic (exact) mass is 129 g/mol. The number of hydrogen-bond acceptors (Lipinski definition) is 2. The average Bonchev–Trinajstić information content (AvgIpc) is 1.63. The number of nitrogens with zero attached hydrogens (tertiary/aromatic N) is 1. The van der Waals surface area contributed by atoms with E-state index in [1.54, 1.807) is 0 Å². The van der Waals surface area contributed by atoms with E-state index in [4.69, 9.17) is 11.1 Å². The smallest absolute Gasteiger partial charge is 0.0947 e. The zero-order valence-corrected chi connectivity index (χ0v) is 6.31. The number of nitrogens with two attached hydrogens (primary N) is 1. The first-order valence-electron chi connectivity index (χ1n) is 3.02. The van der Waals surface area contributed by atoms with Crippen LogP contribution in [0.4, 0.5) is 0 Å². The lowest BCUT2D eigenvalue weighted by molar-refractivity contribution is 0.379. The zero-order valence-electron chi connectivity index (χ0n) is 6.31. The lowest BCUT2D eigenvalue weighted by Crippen LogP contribution is -2.29. The molecule has 0 aromatic carbocycles. The molecule has 3 heteroatoms. The molecule has 0 rings (SSSR count). The van der Waals surface area contributed by atoms with Crippen molar-refractivity contribution in [3.8, 4) is 0 Å². The molecule has 0 aliphatic carbocycles. The Bertz CT molecular complexity index is 98.5. The Morgan fingerprint density at radius 1 is 1.67 bits per heavy atom. The maximum atomic E-state index is 7.04. The van der Waals surface area contributed by atoms with E-state index < -0.39 is 0 Å². The highest BCUT2D eigenvalue weighted by Crippen LogP contribution is 1.93. The minimum absolute atomic E-state index is 0.181. The fourth-order valence-electron chi connectivity index (χ4n) is 0.646. The van der Waals surface area contributed by atoms with Gasteiger partial charge in [0.1, 0.15) is 0 Å². The third-order valence-electron chi connectivity index (χ3n) is 1.17. The van der Waals surface area contributed by atoms with Gasteiger partial charge in [-0.2, -0.15) is 0 Å². The second-order valence-corrected chi connectivity index (χ2v) is 2.62. The van der Waals surface area contributed by atoms with Crippen molar-refractivity contribution >= 4 is 5.84 Å². The molecule has 3 nitrogen and oxygen atoms in total. The third kappa shape index (κ3) is 3.97. The highest BCUT2D eigenvalue weighted by atomic mass is 15.1. The van der Waals surface area contributed by atoms with Crippen molar-refractivity contribution in [2.75, 3.05) is 20.6 Å². The molecule has 0 heterocycles. The van der Waals surface area contributed by atoms with E-state index in [9.17, 15) is 0 Å². The van der Waals surface area contributed by atoms with Crippen molar-refractivity contribution < 1.29 is 0 Å². The number of rotatable bonds is 3. The van der Waals surface area contributed by atoms with Crippen LogP contribution in [-0.2, 0) is 0 Å².